The van der Waals surface area contributed by atoms with E-state index in [9.17, 15) is 0 Å². The van der Waals surface area contributed by atoms with E-state index in [0.29, 0.717) is 4.64 Å². The number of rotatable bonds is 0. The summed E-state index contributed by atoms with van der Waals surface area (Å²) in [6.07, 6.45) is 1.49. The number of aromatic nitrogens is 1. The maximum atomic E-state index is 8.73. The SMILES string of the molecule is On1ccccc1=S.[Li+]. The van der Waals surface area contributed by atoms with E-state index in [1.807, 2.05) is 0 Å². The predicted octanol–water partition coefficient (Wildman–Crippen LogP) is -1.54. The van der Waals surface area contributed by atoms with E-state index in [-0.39, 0.29) is 18.9 Å². The van der Waals surface area contributed by atoms with Gasteiger partial charge < -0.3 is 5.21 Å². The van der Waals surface area contributed by atoms with Gasteiger partial charge in [0, 0.05) is 6.20 Å². The first kappa shape index (κ1) is 8.77. The Morgan fingerprint density at radius 2 is 2.11 bits per heavy atom. The first-order valence-corrected chi connectivity index (χ1v) is 2.58. The Kier molecular flexibility index (Phi) is 3.63. The van der Waals surface area contributed by atoms with E-state index >= 15 is 0 Å². The van der Waals surface area contributed by atoms with Gasteiger partial charge in [0.25, 0.3) is 0 Å². The van der Waals surface area contributed by atoms with Crippen LogP contribution in [0.1, 0.15) is 0 Å². The minimum atomic E-state index is 0. The summed E-state index contributed by atoms with van der Waals surface area (Å²) in [6, 6.07) is 5.13. The molecule has 0 aliphatic heterocycles. The maximum absolute atomic E-state index is 8.73. The first-order valence-electron chi connectivity index (χ1n) is 2.17. The Hall–Kier alpha value is -0.233. The molecule has 1 aromatic heterocycles. The van der Waals surface area contributed by atoms with Crippen molar-refractivity contribution in [2.75, 3.05) is 0 Å². The number of pyridine rings is 1. The molecule has 1 heterocycles. The molecule has 1 N–H and O–H groups in total. The van der Waals surface area contributed by atoms with Crippen molar-refractivity contribution in [1.82, 2.24) is 4.73 Å². The van der Waals surface area contributed by atoms with E-state index in [1.54, 1.807) is 18.2 Å². The molecule has 0 radical (unpaired) electrons. The van der Waals surface area contributed by atoms with Crippen molar-refractivity contribution in [2.24, 2.45) is 0 Å². The molecule has 9 heavy (non-hydrogen) atoms. The fourth-order valence-corrected chi connectivity index (χ4v) is 0.558. The Morgan fingerprint density at radius 1 is 1.44 bits per heavy atom. The van der Waals surface area contributed by atoms with E-state index in [0.717, 1.165) is 4.73 Å². The van der Waals surface area contributed by atoms with Gasteiger partial charge in [-0.1, -0.05) is 18.3 Å². The van der Waals surface area contributed by atoms with Crippen LogP contribution in [0.5, 0.6) is 0 Å². The normalized spacial score (nSPS) is 8.00. The molecule has 0 atom stereocenters. The van der Waals surface area contributed by atoms with Gasteiger partial charge in [-0.3, -0.25) is 0 Å². The fraction of sp³-hybridized carbons (Fsp3) is 0. The fourth-order valence-electron chi connectivity index (χ4n) is 0.419. The second-order valence-electron chi connectivity index (χ2n) is 1.38. The van der Waals surface area contributed by atoms with Crippen LogP contribution in [-0.4, -0.2) is 9.94 Å². The molecule has 0 aliphatic carbocycles. The third-order valence-corrected chi connectivity index (χ3v) is 1.13. The van der Waals surface area contributed by atoms with Crippen LogP contribution >= 0.6 is 12.2 Å². The van der Waals surface area contributed by atoms with Crippen LogP contribution in [0.2, 0.25) is 0 Å². The molecule has 0 bridgehead atoms. The summed E-state index contributed by atoms with van der Waals surface area (Å²) >= 11 is 4.67. The topological polar surface area (TPSA) is 25.2 Å². The quantitative estimate of drug-likeness (QED) is 0.264. The van der Waals surface area contributed by atoms with Crippen molar-refractivity contribution in [2.45, 2.75) is 0 Å². The van der Waals surface area contributed by atoms with Crippen LogP contribution in [0.4, 0.5) is 0 Å². The minimum Gasteiger partial charge on any atom is -0.428 e. The van der Waals surface area contributed by atoms with E-state index in [1.165, 1.54) is 6.20 Å². The van der Waals surface area contributed by atoms with Crippen LogP contribution in [0.3, 0.4) is 0 Å². The molecule has 0 aliphatic rings. The van der Waals surface area contributed by atoms with Gasteiger partial charge in [-0.25, -0.2) is 0 Å². The molecule has 1 rings (SSSR count). The molecule has 2 nitrogen and oxygen atoms in total. The molecule has 42 valence electrons. The summed E-state index contributed by atoms with van der Waals surface area (Å²) in [6.45, 7) is 0. The molecule has 0 fully saturated rings. The molecule has 0 amide bonds. The largest absolute Gasteiger partial charge is 1.00 e. The molecular formula is C5H5LiNOS+. The summed E-state index contributed by atoms with van der Waals surface area (Å²) in [4.78, 5) is 0. The Balaban J connectivity index is 0.000000640. The summed E-state index contributed by atoms with van der Waals surface area (Å²) in [5, 5.41) is 8.73. The smallest absolute Gasteiger partial charge is 0.428 e. The number of hydrogen-bond donors (Lipinski definition) is 1. The molecule has 0 saturated heterocycles. The average Bonchev–Trinajstić information content (AvgIpc) is 1.77. The van der Waals surface area contributed by atoms with Crippen LogP contribution < -0.4 is 18.9 Å². The molecular weight excluding hydrogens is 129 g/mol. The van der Waals surface area contributed by atoms with Crippen LogP contribution in [0, 0.1) is 4.64 Å². The van der Waals surface area contributed by atoms with Gasteiger partial charge in [0.1, 0.15) is 4.64 Å². The zero-order valence-electron chi connectivity index (χ0n) is 5.11. The van der Waals surface area contributed by atoms with Crippen molar-refractivity contribution in [1.29, 1.82) is 0 Å². The number of nitrogens with zero attached hydrogens (tertiary/aromatic N) is 1. The van der Waals surface area contributed by atoms with E-state index in [2.05, 4.69) is 12.2 Å². The molecule has 0 unspecified atom stereocenters. The van der Waals surface area contributed by atoms with Crippen LogP contribution in [-0.2, 0) is 0 Å². The summed E-state index contributed by atoms with van der Waals surface area (Å²) in [5.74, 6) is 0. The zero-order chi connectivity index (χ0) is 5.98. The van der Waals surface area contributed by atoms with Gasteiger partial charge in [-0.05, 0) is 12.1 Å². The Bertz CT molecular complexity index is 234. The van der Waals surface area contributed by atoms with E-state index < -0.39 is 0 Å². The van der Waals surface area contributed by atoms with Gasteiger partial charge in [0.05, 0.1) is 0 Å². The molecule has 0 spiro atoms. The third kappa shape index (κ3) is 2.23. The molecule has 4 heteroatoms. The summed E-state index contributed by atoms with van der Waals surface area (Å²) < 4.78 is 1.32. The van der Waals surface area contributed by atoms with Gasteiger partial charge in [-0.2, -0.15) is 4.73 Å². The second kappa shape index (κ2) is 3.73. The van der Waals surface area contributed by atoms with Gasteiger partial charge >= 0.3 is 18.9 Å². The third-order valence-electron chi connectivity index (χ3n) is 0.803. The zero-order valence-corrected chi connectivity index (χ0v) is 5.93. The van der Waals surface area contributed by atoms with Crippen molar-refractivity contribution in [3.63, 3.8) is 0 Å². The minimum absolute atomic E-state index is 0. The summed E-state index contributed by atoms with van der Waals surface area (Å²) in [5.41, 5.74) is 0. The monoisotopic (exact) mass is 134 g/mol. The van der Waals surface area contributed by atoms with Crippen LogP contribution in [0.15, 0.2) is 24.4 Å². The van der Waals surface area contributed by atoms with Crippen molar-refractivity contribution in [3.05, 3.63) is 29.0 Å². The molecule has 1 aromatic rings. The Morgan fingerprint density at radius 3 is 2.44 bits per heavy atom. The van der Waals surface area contributed by atoms with Crippen molar-refractivity contribution >= 4 is 12.2 Å². The first-order chi connectivity index (χ1) is 3.80. The Labute approximate surface area is 70.3 Å². The molecule has 0 aromatic carbocycles. The average molecular weight is 134 g/mol. The van der Waals surface area contributed by atoms with Crippen LogP contribution in [0.25, 0.3) is 0 Å². The predicted molar refractivity (Wildman–Crippen MR) is 32.5 cm³/mol. The second-order valence-corrected chi connectivity index (χ2v) is 1.80. The maximum Gasteiger partial charge on any atom is 1.00 e. The van der Waals surface area contributed by atoms with E-state index in [4.69, 9.17) is 5.21 Å². The van der Waals surface area contributed by atoms with Gasteiger partial charge in [-0.15, -0.1) is 0 Å². The van der Waals surface area contributed by atoms with Crippen molar-refractivity contribution < 1.29 is 24.1 Å². The summed E-state index contributed by atoms with van der Waals surface area (Å²) in [7, 11) is 0. The number of hydrogen-bond acceptors (Lipinski definition) is 2. The van der Waals surface area contributed by atoms with Gasteiger partial charge in [0.2, 0.25) is 0 Å². The van der Waals surface area contributed by atoms with Gasteiger partial charge in [0.15, 0.2) is 0 Å². The standard InChI is InChI=1S/C5H5NOS.Li/c7-6-4-2-1-3-5(6)8;/h1-4,7H;/q;+1. The van der Waals surface area contributed by atoms with Crippen molar-refractivity contribution in [3.8, 4) is 0 Å². The molecule has 0 saturated carbocycles.